The van der Waals surface area contributed by atoms with Gasteiger partial charge < -0.3 is 25.0 Å². The first-order valence-electron chi connectivity index (χ1n) is 10.7. The van der Waals surface area contributed by atoms with E-state index in [1.54, 1.807) is 19.0 Å². The smallest absolute Gasteiger partial charge is 0.243 e. The zero-order chi connectivity index (χ0) is 21.8. The maximum Gasteiger partial charge on any atom is 0.243 e. The van der Waals surface area contributed by atoms with Crippen LogP contribution >= 0.6 is 0 Å². The minimum Gasteiger partial charge on any atom is -0.489 e. The van der Waals surface area contributed by atoms with Crippen molar-refractivity contribution in [3.63, 3.8) is 0 Å². The summed E-state index contributed by atoms with van der Waals surface area (Å²) in [4.78, 5) is 20.3. The third-order valence-electron chi connectivity index (χ3n) is 4.80. The maximum atomic E-state index is 11.9. The number of carbonyl (C=O) groups is 1. The van der Waals surface area contributed by atoms with Crippen molar-refractivity contribution in [1.29, 1.82) is 0 Å². The monoisotopic (exact) mass is 419 g/mol. The molecule has 1 fully saturated rings. The van der Waals surface area contributed by atoms with E-state index in [2.05, 4.69) is 20.5 Å². The van der Waals surface area contributed by atoms with E-state index in [4.69, 9.17) is 9.47 Å². The Morgan fingerprint density at radius 3 is 2.77 bits per heavy atom. The molecule has 1 heterocycles. The lowest BCUT2D eigenvalue weighted by atomic mass is 10.2. The second-order valence-electron chi connectivity index (χ2n) is 7.81. The number of hydrogen-bond donors (Lipinski definition) is 2. The molecule has 1 unspecified atom stereocenters. The Kier molecular flexibility index (Phi) is 10.4. The summed E-state index contributed by atoms with van der Waals surface area (Å²) >= 11 is 0. The second kappa shape index (κ2) is 13.1. The highest BCUT2D eigenvalue weighted by Crippen LogP contribution is 2.13. The molecule has 2 N–H and O–H groups in total. The maximum absolute atomic E-state index is 11.9. The van der Waals surface area contributed by atoms with Crippen molar-refractivity contribution < 1.29 is 14.3 Å². The molecule has 1 saturated heterocycles. The lowest BCUT2D eigenvalue weighted by molar-refractivity contribution is -0.127. The van der Waals surface area contributed by atoms with Crippen molar-refractivity contribution in [3.05, 3.63) is 29.8 Å². The van der Waals surface area contributed by atoms with Crippen LogP contribution in [0.4, 0.5) is 0 Å². The molecule has 1 aliphatic rings. The number of amides is 1. The average molecular weight is 420 g/mol. The van der Waals surface area contributed by atoms with Crippen LogP contribution in [-0.4, -0.2) is 94.3 Å². The Hall–Kier alpha value is -2.32. The summed E-state index contributed by atoms with van der Waals surface area (Å²) in [5.74, 6) is 1.45. The molecule has 168 valence electrons. The number of carbonyl (C=O) groups excluding carboxylic acids is 1. The Morgan fingerprint density at radius 1 is 1.30 bits per heavy atom. The van der Waals surface area contributed by atoms with E-state index >= 15 is 0 Å². The molecule has 0 saturated carbocycles. The van der Waals surface area contributed by atoms with Gasteiger partial charge >= 0.3 is 0 Å². The van der Waals surface area contributed by atoms with Crippen molar-refractivity contribution in [3.8, 4) is 5.75 Å². The number of benzene rings is 1. The topological polar surface area (TPSA) is 78.4 Å². The Labute approximate surface area is 180 Å². The van der Waals surface area contributed by atoms with Crippen LogP contribution in [0.2, 0.25) is 0 Å². The molecule has 0 radical (unpaired) electrons. The number of rotatable bonds is 10. The van der Waals surface area contributed by atoms with Gasteiger partial charge in [-0.05, 0) is 44.5 Å². The molecule has 1 aromatic carbocycles. The Bertz CT molecular complexity index is 674. The van der Waals surface area contributed by atoms with Gasteiger partial charge in [-0.25, -0.2) is 4.99 Å². The lowest BCUT2D eigenvalue weighted by Gasteiger charge is -2.26. The molecule has 1 amide bonds. The highest BCUT2D eigenvalue weighted by Gasteiger charge is 2.11. The predicted molar refractivity (Wildman–Crippen MR) is 120 cm³/mol. The van der Waals surface area contributed by atoms with Crippen LogP contribution in [0.15, 0.2) is 29.3 Å². The summed E-state index contributed by atoms with van der Waals surface area (Å²) in [7, 11) is 3.47. The van der Waals surface area contributed by atoms with E-state index < -0.39 is 0 Å². The minimum absolute atomic E-state index is 0.0338. The van der Waals surface area contributed by atoms with Crippen molar-refractivity contribution in [2.75, 3.05) is 66.6 Å². The van der Waals surface area contributed by atoms with E-state index in [9.17, 15) is 4.79 Å². The van der Waals surface area contributed by atoms with Gasteiger partial charge in [-0.15, -0.1) is 0 Å². The van der Waals surface area contributed by atoms with Crippen LogP contribution < -0.4 is 15.4 Å². The molecule has 1 aliphatic heterocycles. The van der Waals surface area contributed by atoms with Gasteiger partial charge in [0.2, 0.25) is 5.91 Å². The zero-order valence-corrected chi connectivity index (χ0v) is 18.8. The summed E-state index contributed by atoms with van der Waals surface area (Å²) in [6, 6.07) is 8.01. The van der Waals surface area contributed by atoms with Gasteiger partial charge in [0, 0.05) is 33.7 Å². The van der Waals surface area contributed by atoms with Gasteiger partial charge in [0.15, 0.2) is 5.96 Å². The Balaban J connectivity index is 1.80. The molecule has 0 aliphatic carbocycles. The number of morpholine rings is 1. The van der Waals surface area contributed by atoms with E-state index in [1.807, 2.05) is 38.1 Å². The summed E-state index contributed by atoms with van der Waals surface area (Å²) in [5, 5.41) is 6.63. The first-order valence-corrected chi connectivity index (χ1v) is 10.7. The molecule has 30 heavy (non-hydrogen) atoms. The molecular weight excluding hydrogens is 382 g/mol. The second-order valence-corrected chi connectivity index (χ2v) is 7.81. The summed E-state index contributed by atoms with van der Waals surface area (Å²) in [5.41, 5.74) is 1.17. The van der Waals surface area contributed by atoms with E-state index in [0.29, 0.717) is 12.5 Å². The number of likely N-dealkylation sites (N-methyl/N-ethyl adjacent to an activating group) is 1. The SMILES string of the molecule is Cc1cccc(OC(C)CNC(=NCC(=O)N(C)C)NCCCN2CCOCC2)c1. The van der Waals surface area contributed by atoms with Crippen molar-refractivity contribution in [2.45, 2.75) is 26.4 Å². The third-order valence-corrected chi connectivity index (χ3v) is 4.80. The van der Waals surface area contributed by atoms with Crippen LogP contribution in [0, 0.1) is 6.92 Å². The number of hydrogen-bond acceptors (Lipinski definition) is 5. The van der Waals surface area contributed by atoms with E-state index in [0.717, 1.165) is 51.6 Å². The number of nitrogens with zero attached hydrogens (tertiary/aromatic N) is 3. The summed E-state index contributed by atoms with van der Waals surface area (Å²) in [6.07, 6.45) is 0.953. The van der Waals surface area contributed by atoms with Crippen LogP contribution in [0.1, 0.15) is 18.9 Å². The quantitative estimate of drug-likeness (QED) is 0.336. The van der Waals surface area contributed by atoms with Gasteiger partial charge in [0.1, 0.15) is 18.4 Å². The standard InChI is InChI=1S/C22H37N5O3/c1-18-7-5-8-20(15-18)30-19(2)16-24-22(25-17-21(28)26(3)4)23-9-6-10-27-11-13-29-14-12-27/h5,7-8,15,19H,6,9-14,16-17H2,1-4H3,(H2,23,24,25). The molecule has 0 aromatic heterocycles. The average Bonchev–Trinajstić information content (AvgIpc) is 2.73. The van der Waals surface area contributed by atoms with Crippen LogP contribution in [0.5, 0.6) is 5.75 Å². The van der Waals surface area contributed by atoms with Gasteiger partial charge in [0.25, 0.3) is 0 Å². The molecule has 8 heteroatoms. The van der Waals surface area contributed by atoms with Gasteiger partial charge in [0.05, 0.1) is 19.8 Å². The molecule has 1 aromatic rings. The number of aliphatic imine (C=N–C) groups is 1. The first-order chi connectivity index (χ1) is 14.4. The van der Waals surface area contributed by atoms with E-state index in [1.165, 1.54) is 5.56 Å². The van der Waals surface area contributed by atoms with E-state index in [-0.39, 0.29) is 18.6 Å². The fourth-order valence-electron chi connectivity index (χ4n) is 3.00. The molecular formula is C22H37N5O3. The number of guanidine groups is 1. The third kappa shape index (κ3) is 9.45. The fraction of sp³-hybridized carbons (Fsp3) is 0.636. The van der Waals surface area contributed by atoms with Gasteiger partial charge in [-0.3, -0.25) is 9.69 Å². The molecule has 8 nitrogen and oxygen atoms in total. The number of nitrogens with one attached hydrogen (secondary N) is 2. The van der Waals surface area contributed by atoms with Crippen LogP contribution in [0.25, 0.3) is 0 Å². The first kappa shape index (κ1) is 24.0. The lowest BCUT2D eigenvalue weighted by Crippen LogP contribution is -2.44. The normalized spacial score (nSPS) is 16.1. The zero-order valence-electron chi connectivity index (χ0n) is 18.8. The number of ether oxygens (including phenoxy) is 2. The molecule has 2 rings (SSSR count). The predicted octanol–water partition coefficient (Wildman–Crippen LogP) is 1.11. The highest BCUT2D eigenvalue weighted by atomic mass is 16.5. The molecule has 0 spiro atoms. The minimum atomic E-state index is -0.0447. The number of aryl methyl sites for hydroxylation is 1. The largest absolute Gasteiger partial charge is 0.489 e. The van der Waals surface area contributed by atoms with Crippen molar-refractivity contribution >= 4 is 11.9 Å². The summed E-state index contributed by atoms with van der Waals surface area (Å²) < 4.78 is 11.4. The van der Waals surface area contributed by atoms with Crippen molar-refractivity contribution in [1.82, 2.24) is 20.4 Å². The Morgan fingerprint density at radius 2 is 2.07 bits per heavy atom. The summed E-state index contributed by atoms with van der Waals surface area (Å²) in [6.45, 7) is 10.2. The fourth-order valence-corrected chi connectivity index (χ4v) is 3.00. The van der Waals surface area contributed by atoms with Crippen LogP contribution in [0.3, 0.4) is 0 Å². The molecule has 0 bridgehead atoms. The van der Waals surface area contributed by atoms with Crippen molar-refractivity contribution in [2.24, 2.45) is 4.99 Å². The molecule has 1 atom stereocenters. The van der Waals surface area contributed by atoms with Crippen LogP contribution in [-0.2, 0) is 9.53 Å². The highest BCUT2D eigenvalue weighted by molar-refractivity contribution is 5.84. The van der Waals surface area contributed by atoms with Gasteiger partial charge in [-0.2, -0.15) is 0 Å². The van der Waals surface area contributed by atoms with Gasteiger partial charge in [-0.1, -0.05) is 12.1 Å².